The Bertz CT molecular complexity index is 129. The van der Waals surface area contributed by atoms with Crippen molar-refractivity contribution < 1.29 is 4.74 Å². The van der Waals surface area contributed by atoms with Gasteiger partial charge in [-0.2, -0.15) is 0 Å². The zero-order chi connectivity index (χ0) is 7.03. The van der Waals surface area contributed by atoms with E-state index < -0.39 is 0 Å². The molecule has 1 spiro atoms. The summed E-state index contributed by atoms with van der Waals surface area (Å²) in [5.74, 6) is 0. The van der Waals surface area contributed by atoms with Crippen molar-refractivity contribution in [3.05, 3.63) is 0 Å². The van der Waals surface area contributed by atoms with Crippen molar-refractivity contribution in [3.63, 3.8) is 0 Å². The average Bonchev–Trinajstić information content (AvgIpc) is 2.46. The van der Waals surface area contributed by atoms with Crippen LogP contribution in [0.4, 0.5) is 0 Å². The number of rotatable bonds is 0. The molecule has 2 heterocycles. The summed E-state index contributed by atoms with van der Waals surface area (Å²) in [5.41, 5.74) is 0.111. The fourth-order valence-electron chi connectivity index (χ4n) is 2.05. The van der Waals surface area contributed by atoms with E-state index in [1.807, 2.05) is 0 Å². The van der Waals surface area contributed by atoms with Crippen LogP contribution in [0, 0.1) is 0 Å². The molecule has 2 rings (SSSR count). The van der Waals surface area contributed by atoms with Gasteiger partial charge in [-0.1, -0.05) is 0 Å². The predicted octanol–water partition coefficient (Wildman–Crippen LogP) is 1.26. The molecule has 2 aliphatic heterocycles. The van der Waals surface area contributed by atoms with Crippen molar-refractivity contribution in [3.8, 4) is 0 Å². The van der Waals surface area contributed by atoms with Crippen molar-refractivity contribution in [1.82, 2.24) is 5.32 Å². The molecule has 0 saturated carbocycles. The van der Waals surface area contributed by atoms with Crippen LogP contribution in [0.25, 0.3) is 0 Å². The second kappa shape index (κ2) is 2.21. The summed E-state index contributed by atoms with van der Waals surface area (Å²) in [6.45, 7) is 3.19. The zero-order valence-corrected chi connectivity index (χ0v) is 6.52. The van der Waals surface area contributed by atoms with Gasteiger partial charge < -0.3 is 4.74 Å². The van der Waals surface area contributed by atoms with Crippen molar-refractivity contribution in [1.29, 1.82) is 0 Å². The standard InChI is InChI=1S/C8H15NO/c1-7-3-5-8(9-7)4-2-6-10-8/h7,9H,2-6H2,1H3. The van der Waals surface area contributed by atoms with Gasteiger partial charge in [-0.15, -0.1) is 0 Å². The number of hydrogen-bond donors (Lipinski definition) is 1. The van der Waals surface area contributed by atoms with Gasteiger partial charge in [0, 0.05) is 12.6 Å². The van der Waals surface area contributed by atoms with Crippen LogP contribution in [0.2, 0.25) is 0 Å². The maximum absolute atomic E-state index is 5.66. The van der Waals surface area contributed by atoms with E-state index in [9.17, 15) is 0 Å². The summed E-state index contributed by atoms with van der Waals surface area (Å²) < 4.78 is 5.66. The van der Waals surface area contributed by atoms with Gasteiger partial charge in [0.25, 0.3) is 0 Å². The van der Waals surface area contributed by atoms with E-state index in [1.54, 1.807) is 0 Å². The fourth-order valence-corrected chi connectivity index (χ4v) is 2.05. The second-order valence-electron chi connectivity index (χ2n) is 3.53. The highest BCUT2D eigenvalue weighted by molar-refractivity contribution is 4.91. The maximum Gasteiger partial charge on any atom is 0.119 e. The SMILES string of the molecule is CC1CCC2(CCCO2)N1. The van der Waals surface area contributed by atoms with Crippen molar-refractivity contribution in [2.45, 2.75) is 44.4 Å². The highest BCUT2D eigenvalue weighted by Crippen LogP contribution is 2.33. The van der Waals surface area contributed by atoms with Crippen LogP contribution in [0.5, 0.6) is 0 Å². The molecule has 2 heteroatoms. The lowest BCUT2D eigenvalue weighted by molar-refractivity contribution is -0.0112. The maximum atomic E-state index is 5.66. The van der Waals surface area contributed by atoms with Crippen LogP contribution in [-0.4, -0.2) is 18.4 Å². The third kappa shape index (κ3) is 0.956. The fraction of sp³-hybridized carbons (Fsp3) is 1.00. The minimum Gasteiger partial charge on any atom is -0.361 e. The lowest BCUT2D eigenvalue weighted by Crippen LogP contribution is -2.41. The molecule has 0 aliphatic carbocycles. The van der Waals surface area contributed by atoms with E-state index in [0.29, 0.717) is 6.04 Å². The topological polar surface area (TPSA) is 21.3 Å². The van der Waals surface area contributed by atoms with Gasteiger partial charge in [0.15, 0.2) is 0 Å². The Labute approximate surface area is 61.9 Å². The molecule has 2 saturated heterocycles. The first-order valence-corrected chi connectivity index (χ1v) is 4.22. The van der Waals surface area contributed by atoms with Crippen molar-refractivity contribution in [2.24, 2.45) is 0 Å². The molecule has 58 valence electrons. The molecular weight excluding hydrogens is 126 g/mol. The molecule has 0 bridgehead atoms. The summed E-state index contributed by atoms with van der Waals surface area (Å²) in [4.78, 5) is 0. The molecule has 0 aromatic heterocycles. The minimum atomic E-state index is 0.111. The Morgan fingerprint density at radius 1 is 1.50 bits per heavy atom. The van der Waals surface area contributed by atoms with Crippen LogP contribution in [0.3, 0.4) is 0 Å². The van der Waals surface area contributed by atoms with Crippen LogP contribution < -0.4 is 5.32 Å². The molecule has 0 aromatic carbocycles. The van der Waals surface area contributed by atoms with Gasteiger partial charge >= 0.3 is 0 Å². The van der Waals surface area contributed by atoms with Gasteiger partial charge in [0.05, 0.1) is 0 Å². The summed E-state index contributed by atoms with van der Waals surface area (Å²) in [6, 6.07) is 0.665. The molecule has 2 unspecified atom stereocenters. The smallest absolute Gasteiger partial charge is 0.119 e. The summed E-state index contributed by atoms with van der Waals surface area (Å²) in [5, 5.41) is 3.51. The molecule has 2 nitrogen and oxygen atoms in total. The lowest BCUT2D eigenvalue weighted by Gasteiger charge is -2.23. The van der Waals surface area contributed by atoms with E-state index in [4.69, 9.17) is 4.74 Å². The van der Waals surface area contributed by atoms with Gasteiger partial charge in [0.1, 0.15) is 5.72 Å². The first-order chi connectivity index (χ1) is 4.81. The quantitative estimate of drug-likeness (QED) is 0.548. The van der Waals surface area contributed by atoms with Crippen molar-refractivity contribution >= 4 is 0 Å². The number of ether oxygens (including phenoxy) is 1. The highest BCUT2D eigenvalue weighted by Gasteiger charge is 2.40. The van der Waals surface area contributed by atoms with Crippen molar-refractivity contribution in [2.75, 3.05) is 6.61 Å². The van der Waals surface area contributed by atoms with E-state index in [2.05, 4.69) is 12.2 Å². The Balaban J connectivity index is 2.03. The largest absolute Gasteiger partial charge is 0.361 e. The lowest BCUT2D eigenvalue weighted by atomic mass is 10.1. The molecule has 10 heavy (non-hydrogen) atoms. The van der Waals surface area contributed by atoms with Gasteiger partial charge in [-0.25, -0.2) is 0 Å². The molecule has 2 fully saturated rings. The van der Waals surface area contributed by atoms with Gasteiger partial charge in [-0.05, 0) is 32.6 Å². The van der Waals surface area contributed by atoms with Gasteiger partial charge in [0.2, 0.25) is 0 Å². The Hall–Kier alpha value is -0.0800. The van der Waals surface area contributed by atoms with Crippen LogP contribution in [-0.2, 0) is 4.74 Å². The normalized spacial score (nSPS) is 47.1. The van der Waals surface area contributed by atoms with E-state index >= 15 is 0 Å². The van der Waals surface area contributed by atoms with Gasteiger partial charge in [-0.3, -0.25) is 5.32 Å². The molecule has 1 N–H and O–H groups in total. The second-order valence-corrected chi connectivity index (χ2v) is 3.53. The molecule has 0 amide bonds. The molecule has 0 aromatic rings. The molecular formula is C8H15NO. The summed E-state index contributed by atoms with van der Waals surface area (Å²) in [6.07, 6.45) is 4.95. The van der Waals surface area contributed by atoms with E-state index in [1.165, 1.54) is 25.7 Å². The molecule has 2 aliphatic rings. The third-order valence-corrected chi connectivity index (χ3v) is 2.59. The Kier molecular flexibility index (Phi) is 1.46. The Morgan fingerprint density at radius 3 is 2.90 bits per heavy atom. The minimum absolute atomic E-state index is 0.111. The molecule has 2 atom stereocenters. The first kappa shape index (κ1) is 6.62. The van der Waals surface area contributed by atoms with E-state index in [0.717, 1.165) is 6.61 Å². The third-order valence-electron chi connectivity index (χ3n) is 2.59. The monoisotopic (exact) mass is 141 g/mol. The summed E-state index contributed by atoms with van der Waals surface area (Å²) >= 11 is 0. The molecule has 0 radical (unpaired) electrons. The summed E-state index contributed by atoms with van der Waals surface area (Å²) in [7, 11) is 0. The first-order valence-electron chi connectivity index (χ1n) is 4.22. The van der Waals surface area contributed by atoms with Crippen LogP contribution in [0.15, 0.2) is 0 Å². The number of nitrogens with one attached hydrogen (secondary N) is 1. The number of hydrogen-bond acceptors (Lipinski definition) is 2. The van der Waals surface area contributed by atoms with Crippen LogP contribution >= 0.6 is 0 Å². The zero-order valence-electron chi connectivity index (χ0n) is 6.52. The van der Waals surface area contributed by atoms with E-state index in [-0.39, 0.29) is 5.72 Å². The van der Waals surface area contributed by atoms with Crippen LogP contribution in [0.1, 0.15) is 32.6 Å². The predicted molar refractivity (Wildman–Crippen MR) is 39.7 cm³/mol. The Morgan fingerprint density at radius 2 is 2.40 bits per heavy atom. The highest BCUT2D eigenvalue weighted by atomic mass is 16.5. The average molecular weight is 141 g/mol.